The fraction of sp³-hybridized carbons (Fsp3) is 0.333. The van der Waals surface area contributed by atoms with Gasteiger partial charge in [-0.2, -0.15) is 0 Å². The minimum atomic E-state index is -0.233. The van der Waals surface area contributed by atoms with Crippen molar-refractivity contribution in [2.75, 3.05) is 39.2 Å². The van der Waals surface area contributed by atoms with E-state index in [4.69, 9.17) is 9.47 Å². The zero-order valence-electron chi connectivity index (χ0n) is 21.9. The number of carbonyl (C=O) groups is 2. The molecule has 1 aliphatic rings. The lowest BCUT2D eigenvalue weighted by Crippen LogP contribution is -2.44. The van der Waals surface area contributed by atoms with E-state index in [0.717, 1.165) is 17.7 Å². The van der Waals surface area contributed by atoms with E-state index in [9.17, 15) is 9.59 Å². The summed E-state index contributed by atoms with van der Waals surface area (Å²) in [6, 6.07) is 22.7. The molecular weight excluding hydrogens is 466 g/mol. The van der Waals surface area contributed by atoms with Gasteiger partial charge >= 0.3 is 0 Å². The van der Waals surface area contributed by atoms with Crippen molar-refractivity contribution in [1.82, 2.24) is 10.2 Å². The molecule has 194 valence electrons. The average molecular weight is 502 g/mol. The Morgan fingerprint density at radius 1 is 1.03 bits per heavy atom. The van der Waals surface area contributed by atoms with Crippen LogP contribution in [0.1, 0.15) is 34.6 Å². The number of ether oxygens (including phenoxy) is 2. The summed E-state index contributed by atoms with van der Waals surface area (Å²) in [7, 11) is 3.44. The minimum Gasteiger partial charge on any atom is -0.491 e. The number of benzene rings is 3. The van der Waals surface area contributed by atoms with Gasteiger partial charge in [-0.15, -0.1) is 0 Å². The van der Waals surface area contributed by atoms with Crippen LogP contribution in [0.2, 0.25) is 0 Å². The number of nitrogens with one attached hydrogen (secondary N) is 2. The van der Waals surface area contributed by atoms with Crippen molar-refractivity contribution >= 4 is 17.5 Å². The number of carbonyl (C=O) groups excluding carboxylic acids is 2. The topological polar surface area (TPSA) is 79.9 Å². The van der Waals surface area contributed by atoms with Gasteiger partial charge in [0.25, 0.3) is 11.8 Å². The highest BCUT2D eigenvalue weighted by molar-refractivity contribution is 6.05. The van der Waals surface area contributed by atoms with Gasteiger partial charge in [-0.25, -0.2) is 0 Å². The van der Waals surface area contributed by atoms with Crippen molar-refractivity contribution in [3.05, 3.63) is 83.9 Å². The first-order valence-electron chi connectivity index (χ1n) is 12.6. The second-order valence-corrected chi connectivity index (χ2v) is 9.67. The van der Waals surface area contributed by atoms with Crippen molar-refractivity contribution in [2.24, 2.45) is 5.92 Å². The van der Waals surface area contributed by atoms with Gasteiger partial charge in [0.2, 0.25) is 0 Å². The number of anilines is 1. The lowest BCUT2D eigenvalue weighted by atomic mass is 10.0. The number of hydrogen-bond acceptors (Lipinski definition) is 5. The minimum absolute atomic E-state index is 0.0708. The molecule has 7 heteroatoms. The third-order valence-electron chi connectivity index (χ3n) is 6.74. The second-order valence-electron chi connectivity index (χ2n) is 9.67. The second kappa shape index (κ2) is 12.0. The van der Waals surface area contributed by atoms with E-state index < -0.39 is 0 Å². The van der Waals surface area contributed by atoms with Crippen molar-refractivity contribution in [2.45, 2.75) is 26.0 Å². The number of methoxy groups -OCH3 is 1. The highest BCUT2D eigenvalue weighted by Gasteiger charge is 2.25. The Hall–Kier alpha value is -3.68. The Balaban J connectivity index is 1.53. The van der Waals surface area contributed by atoms with Crippen molar-refractivity contribution in [3.63, 3.8) is 0 Å². The smallest absolute Gasteiger partial charge is 0.257 e. The molecule has 3 aromatic carbocycles. The Labute approximate surface area is 218 Å². The molecule has 1 aliphatic heterocycles. The lowest BCUT2D eigenvalue weighted by molar-refractivity contribution is 0.0281. The third-order valence-corrected chi connectivity index (χ3v) is 6.74. The fourth-order valence-electron chi connectivity index (χ4n) is 4.38. The molecule has 0 radical (unpaired) electrons. The first kappa shape index (κ1) is 26.4. The molecule has 0 aliphatic carbocycles. The summed E-state index contributed by atoms with van der Waals surface area (Å²) >= 11 is 0. The molecule has 2 amide bonds. The van der Waals surface area contributed by atoms with E-state index >= 15 is 0 Å². The van der Waals surface area contributed by atoms with E-state index in [1.165, 1.54) is 0 Å². The first-order chi connectivity index (χ1) is 17.9. The number of rotatable bonds is 4. The van der Waals surface area contributed by atoms with Crippen molar-refractivity contribution in [3.8, 4) is 16.9 Å². The molecule has 7 nitrogen and oxygen atoms in total. The Morgan fingerprint density at radius 3 is 2.43 bits per heavy atom. The first-order valence-corrected chi connectivity index (χ1v) is 12.6. The third kappa shape index (κ3) is 6.56. The van der Waals surface area contributed by atoms with Gasteiger partial charge in [-0.3, -0.25) is 9.59 Å². The van der Waals surface area contributed by atoms with Crippen LogP contribution in [0.15, 0.2) is 72.8 Å². The molecule has 3 atom stereocenters. The molecule has 37 heavy (non-hydrogen) atoms. The maximum absolute atomic E-state index is 13.3. The van der Waals surface area contributed by atoms with Gasteiger partial charge in [-0.1, -0.05) is 49.4 Å². The van der Waals surface area contributed by atoms with Gasteiger partial charge in [0.15, 0.2) is 0 Å². The zero-order chi connectivity index (χ0) is 26.4. The number of fused-ring (bicyclic) bond motifs is 1. The summed E-state index contributed by atoms with van der Waals surface area (Å²) in [5.74, 6) is 0.272. The molecule has 0 aromatic heterocycles. The predicted molar refractivity (Wildman–Crippen MR) is 146 cm³/mol. The fourth-order valence-corrected chi connectivity index (χ4v) is 4.38. The maximum Gasteiger partial charge on any atom is 0.257 e. The lowest BCUT2D eigenvalue weighted by Gasteiger charge is -2.30. The summed E-state index contributed by atoms with van der Waals surface area (Å²) in [5, 5.41) is 6.41. The molecule has 0 unspecified atom stereocenters. The van der Waals surface area contributed by atoms with Crippen LogP contribution in [0, 0.1) is 5.92 Å². The largest absolute Gasteiger partial charge is 0.491 e. The predicted octanol–water partition coefficient (Wildman–Crippen LogP) is 4.70. The average Bonchev–Trinajstić information content (AvgIpc) is 2.93. The quantitative estimate of drug-likeness (QED) is 0.542. The Bertz CT molecular complexity index is 1210. The van der Waals surface area contributed by atoms with Crippen LogP contribution < -0.4 is 15.4 Å². The number of nitrogens with zero attached hydrogens (tertiary/aromatic N) is 1. The van der Waals surface area contributed by atoms with Crippen molar-refractivity contribution < 1.29 is 19.1 Å². The normalized spacial score (nSPS) is 20.7. The van der Waals surface area contributed by atoms with Gasteiger partial charge in [0, 0.05) is 50.6 Å². The molecule has 2 N–H and O–H groups in total. The van der Waals surface area contributed by atoms with Crippen LogP contribution in [0.5, 0.6) is 5.75 Å². The Kier molecular flexibility index (Phi) is 8.58. The van der Waals surface area contributed by atoms with Gasteiger partial charge < -0.3 is 25.0 Å². The van der Waals surface area contributed by atoms with E-state index in [1.54, 1.807) is 49.4 Å². The summed E-state index contributed by atoms with van der Waals surface area (Å²) < 4.78 is 11.8. The zero-order valence-corrected chi connectivity index (χ0v) is 21.9. The molecular formula is C30H35N3O4. The summed E-state index contributed by atoms with van der Waals surface area (Å²) in [4.78, 5) is 27.9. The standard InChI is InChI=1S/C30H35N3O4/c1-20-17-31-21(2)19-37-27-16-25(14-15-26(27)30(35)33(3)18-28(20)36-4)32-29(34)24-12-10-23(11-13-24)22-8-6-5-7-9-22/h5-16,20-21,28,31H,17-19H2,1-4H3,(H,32,34)/t20-,21+,28+/m0/s1. The SMILES string of the molecule is CO[C@@H]1CN(C)C(=O)c2ccc(NC(=O)c3ccc(-c4ccccc4)cc3)cc2OC[C@@H](C)NC[C@@H]1C. The van der Waals surface area contributed by atoms with Gasteiger partial charge in [0.05, 0.1) is 11.7 Å². The highest BCUT2D eigenvalue weighted by atomic mass is 16.5. The number of likely N-dealkylation sites (N-methyl/N-ethyl adjacent to an activating group) is 1. The van der Waals surface area contributed by atoms with Gasteiger partial charge in [-0.05, 0) is 48.2 Å². The van der Waals surface area contributed by atoms with E-state index in [-0.39, 0.29) is 29.9 Å². The van der Waals surface area contributed by atoms with Crippen LogP contribution in [-0.4, -0.2) is 62.7 Å². The van der Waals surface area contributed by atoms with E-state index in [0.29, 0.717) is 35.7 Å². The molecule has 0 spiro atoms. The highest BCUT2D eigenvalue weighted by Crippen LogP contribution is 2.27. The van der Waals surface area contributed by atoms with Gasteiger partial charge in [0.1, 0.15) is 12.4 Å². The van der Waals surface area contributed by atoms with Crippen LogP contribution in [0.3, 0.4) is 0 Å². The summed E-state index contributed by atoms with van der Waals surface area (Å²) in [5.41, 5.74) is 3.68. The Morgan fingerprint density at radius 2 is 1.73 bits per heavy atom. The van der Waals surface area contributed by atoms with Crippen molar-refractivity contribution in [1.29, 1.82) is 0 Å². The summed E-state index contributed by atoms with van der Waals surface area (Å²) in [6.45, 7) is 5.74. The molecule has 3 aromatic rings. The van der Waals surface area contributed by atoms with Crippen LogP contribution in [-0.2, 0) is 4.74 Å². The molecule has 1 heterocycles. The number of amides is 2. The molecule has 0 fully saturated rings. The van der Waals surface area contributed by atoms with Crippen LogP contribution >= 0.6 is 0 Å². The number of hydrogen-bond donors (Lipinski definition) is 2. The molecule has 0 bridgehead atoms. The van der Waals surface area contributed by atoms with E-state index in [1.807, 2.05) is 49.4 Å². The summed E-state index contributed by atoms with van der Waals surface area (Å²) in [6.07, 6.45) is -0.0933. The molecule has 0 saturated carbocycles. The van der Waals surface area contributed by atoms with Crippen LogP contribution in [0.25, 0.3) is 11.1 Å². The molecule has 4 rings (SSSR count). The molecule has 0 saturated heterocycles. The van der Waals surface area contributed by atoms with Crippen LogP contribution in [0.4, 0.5) is 5.69 Å². The monoisotopic (exact) mass is 501 g/mol. The maximum atomic E-state index is 13.3. The van der Waals surface area contributed by atoms with E-state index in [2.05, 4.69) is 17.6 Å².